The molecule has 118 valence electrons. The van der Waals surface area contributed by atoms with E-state index >= 15 is 0 Å². The Morgan fingerprint density at radius 2 is 1.91 bits per heavy atom. The zero-order chi connectivity index (χ0) is 16.3. The van der Waals surface area contributed by atoms with E-state index in [1.807, 2.05) is 6.92 Å². The predicted octanol–water partition coefficient (Wildman–Crippen LogP) is 1.17. The van der Waals surface area contributed by atoms with Gasteiger partial charge in [0, 0.05) is 37.5 Å². The van der Waals surface area contributed by atoms with Gasteiger partial charge in [-0.05, 0) is 31.2 Å². The Balaban J connectivity index is 2.10. The van der Waals surface area contributed by atoms with Crippen LogP contribution in [0.1, 0.15) is 18.2 Å². The molecular formula is C14H18N4O3S. The minimum Gasteiger partial charge on any atom is -0.326 e. The van der Waals surface area contributed by atoms with Crippen LogP contribution in [0.3, 0.4) is 0 Å². The molecule has 1 aromatic heterocycles. The Bertz CT molecular complexity index is 779. The van der Waals surface area contributed by atoms with Crippen molar-refractivity contribution in [1.29, 1.82) is 0 Å². The Hall–Kier alpha value is -2.19. The molecule has 0 aliphatic rings. The molecule has 0 aliphatic heterocycles. The number of aromatic nitrogens is 2. The quantitative estimate of drug-likeness (QED) is 0.864. The maximum absolute atomic E-state index is 12.2. The largest absolute Gasteiger partial charge is 0.326 e. The predicted molar refractivity (Wildman–Crippen MR) is 82.7 cm³/mol. The van der Waals surface area contributed by atoms with Crippen LogP contribution in [0.4, 0.5) is 5.69 Å². The number of nitrogens with zero attached hydrogens (tertiary/aromatic N) is 2. The molecule has 7 nitrogen and oxygen atoms in total. The third-order valence-corrected chi connectivity index (χ3v) is 4.69. The Labute approximate surface area is 129 Å². The van der Waals surface area contributed by atoms with Gasteiger partial charge in [0.15, 0.2) is 0 Å². The van der Waals surface area contributed by atoms with Crippen LogP contribution in [0, 0.1) is 6.92 Å². The van der Waals surface area contributed by atoms with Crippen LogP contribution >= 0.6 is 0 Å². The molecule has 0 bridgehead atoms. The maximum atomic E-state index is 12.2. The number of anilines is 1. The van der Waals surface area contributed by atoms with E-state index in [9.17, 15) is 13.2 Å². The van der Waals surface area contributed by atoms with Crippen LogP contribution in [0.25, 0.3) is 0 Å². The van der Waals surface area contributed by atoms with E-state index in [2.05, 4.69) is 15.1 Å². The molecule has 0 spiro atoms. The van der Waals surface area contributed by atoms with E-state index in [-0.39, 0.29) is 17.3 Å². The lowest BCUT2D eigenvalue weighted by Gasteiger charge is -2.08. The summed E-state index contributed by atoms with van der Waals surface area (Å²) in [4.78, 5) is 11.1. The van der Waals surface area contributed by atoms with Gasteiger partial charge in [-0.3, -0.25) is 9.48 Å². The van der Waals surface area contributed by atoms with Crippen LogP contribution in [0.15, 0.2) is 35.4 Å². The number of carbonyl (C=O) groups excluding carboxylic acids is 1. The van der Waals surface area contributed by atoms with Gasteiger partial charge in [-0.2, -0.15) is 5.10 Å². The number of hydrogen-bond donors (Lipinski definition) is 2. The van der Waals surface area contributed by atoms with Crippen molar-refractivity contribution in [3.05, 3.63) is 41.7 Å². The van der Waals surface area contributed by atoms with Crippen molar-refractivity contribution in [3.63, 3.8) is 0 Å². The second-order valence-corrected chi connectivity index (χ2v) is 6.68. The van der Waals surface area contributed by atoms with E-state index < -0.39 is 10.0 Å². The van der Waals surface area contributed by atoms with E-state index in [1.54, 1.807) is 30.1 Å². The summed E-state index contributed by atoms with van der Waals surface area (Å²) >= 11 is 0. The topological polar surface area (TPSA) is 93.1 Å². The molecule has 0 unspecified atom stereocenters. The molecule has 2 N–H and O–H groups in total. The fourth-order valence-electron chi connectivity index (χ4n) is 1.89. The number of rotatable bonds is 5. The molecule has 2 aromatic rings. The Morgan fingerprint density at radius 1 is 1.27 bits per heavy atom. The van der Waals surface area contributed by atoms with Gasteiger partial charge in [0.1, 0.15) is 0 Å². The number of carbonyl (C=O) groups is 1. The van der Waals surface area contributed by atoms with Crippen molar-refractivity contribution in [1.82, 2.24) is 14.5 Å². The molecule has 0 aliphatic carbocycles. The van der Waals surface area contributed by atoms with Gasteiger partial charge in [-0.15, -0.1) is 0 Å². The summed E-state index contributed by atoms with van der Waals surface area (Å²) in [6.45, 7) is 3.44. The fraction of sp³-hybridized carbons (Fsp3) is 0.286. The fourth-order valence-corrected chi connectivity index (χ4v) is 2.90. The molecule has 0 atom stereocenters. The second kappa shape index (κ2) is 6.29. The smallest absolute Gasteiger partial charge is 0.240 e. The second-order valence-electron chi connectivity index (χ2n) is 4.91. The first kappa shape index (κ1) is 16.2. The molecule has 0 saturated carbocycles. The average Bonchev–Trinajstić information content (AvgIpc) is 2.77. The minimum absolute atomic E-state index is 0.142. The molecule has 2 rings (SSSR count). The first-order valence-corrected chi connectivity index (χ1v) is 8.13. The van der Waals surface area contributed by atoms with Crippen LogP contribution in [0.5, 0.6) is 0 Å². The van der Waals surface area contributed by atoms with Gasteiger partial charge in [0.25, 0.3) is 0 Å². The number of aryl methyl sites for hydroxylation is 1. The highest BCUT2D eigenvalue weighted by atomic mass is 32.2. The zero-order valence-corrected chi connectivity index (χ0v) is 13.4. The average molecular weight is 322 g/mol. The van der Waals surface area contributed by atoms with Crippen molar-refractivity contribution in [2.45, 2.75) is 25.3 Å². The SMILES string of the molecule is CC(=O)Nc1ccc(S(=O)(=O)NCc2cnn(C)c2C)cc1. The number of sulfonamides is 1. The highest BCUT2D eigenvalue weighted by Crippen LogP contribution is 2.15. The third kappa shape index (κ3) is 3.71. The molecule has 1 aromatic carbocycles. The summed E-state index contributed by atoms with van der Waals surface area (Å²) < 4.78 is 28.7. The molecule has 8 heteroatoms. The third-order valence-electron chi connectivity index (χ3n) is 3.27. The van der Waals surface area contributed by atoms with Crippen LogP contribution < -0.4 is 10.0 Å². The molecule has 0 fully saturated rings. The highest BCUT2D eigenvalue weighted by Gasteiger charge is 2.15. The van der Waals surface area contributed by atoms with E-state index in [4.69, 9.17) is 0 Å². The highest BCUT2D eigenvalue weighted by molar-refractivity contribution is 7.89. The summed E-state index contributed by atoms with van der Waals surface area (Å²) in [5, 5.41) is 6.66. The lowest BCUT2D eigenvalue weighted by atomic mass is 10.3. The minimum atomic E-state index is -3.61. The first-order valence-electron chi connectivity index (χ1n) is 6.64. The van der Waals surface area contributed by atoms with Crippen molar-refractivity contribution in [2.75, 3.05) is 5.32 Å². The molecule has 0 saturated heterocycles. The van der Waals surface area contributed by atoms with Gasteiger partial charge in [0.05, 0.1) is 11.1 Å². The molecule has 1 heterocycles. The zero-order valence-electron chi connectivity index (χ0n) is 12.6. The number of hydrogen-bond acceptors (Lipinski definition) is 4. The number of amides is 1. The Kier molecular flexibility index (Phi) is 4.62. The van der Waals surface area contributed by atoms with E-state index in [0.717, 1.165) is 11.3 Å². The molecule has 22 heavy (non-hydrogen) atoms. The molecular weight excluding hydrogens is 304 g/mol. The van der Waals surface area contributed by atoms with Crippen LogP contribution in [0.2, 0.25) is 0 Å². The first-order chi connectivity index (χ1) is 10.3. The van der Waals surface area contributed by atoms with Crippen molar-refractivity contribution in [2.24, 2.45) is 7.05 Å². The van der Waals surface area contributed by atoms with E-state index in [1.165, 1.54) is 19.1 Å². The Morgan fingerprint density at radius 3 is 2.41 bits per heavy atom. The van der Waals surface area contributed by atoms with Crippen molar-refractivity contribution >= 4 is 21.6 Å². The van der Waals surface area contributed by atoms with Crippen molar-refractivity contribution < 1.29 is 13.2 Å². The van der Waals surface area contributed by atoms with Gasteiger partial charge >= 0.3 is 0 Å². The van der Waals surface area contributed by atoms with Gasteiger partial charge in [-0.1, -0.05) is 0 Å². The normalized spacial score (nSPS) is 11.4. The lowest BCUT2D eigenvalue weighted by Crippen LogP contribution is -2.23. The van der Waals surface area contributed by atoms with Crippen molar-refractivity contribution in [3.8, 4) is 0 Å². The lowest BCUT2D eigenvalue weighted by molar-refractivity contribution is -0.114. The van der Waals surface area contributed by atoms with Gasteiger partial charge in [0.2, 0.25) is 15.9 Å². The summed E-state index contributed by atoms with van der Waals surface area (Å²) in [5.74, 6) is -0.208. The summed E-state index contributed by atoms with van der Waals surface area (Å²) in [5.41, 5.74) is 2.28. The summed E-state index contributed by atoms with van der Waals surface area (Å²) in [6, 6.07) is 5.99. The van der Waals surface area contributed by atoms with E-state index in [0.29, 0.717) is 5.69 Å². The molecule has 1 amide bonds. The monoisotopic (exact) mass is 322 g/mol. The van der Waals surface area contributed by atoms with Crippen LogP contribution in [-0.4, -0.2) is 24.1 Å². The summed E-state index contributed by atoms with van der Waals surface area (Å²) in [7, 11) is -1.81. The maximum Gasteiger partial charge on any atom is 0.240 e. The molecule has 0 radical (unpaired) electrons. The van der Waals surface area contributed by atoms with Gasteiger partial charge < -0.3 is 5.32 Å². The standard InChI is InChI=1S/C14H18N4O3S/c1-10-12(8-15-18(10)3)9-16-22(20,21)14-6-4-13(5-7-14)17-11(2)19/h4-8,16H,9H2,1-3H3,(H,17,19). The van der Waals surface area contributed by atoms with Gasteiger partial charge in [-0.25, -0.2) is 13.1 Å². The number of benzene rings is 1. The van der Waals surface area contributed by atoms with Crippen LogP contribution in [-0.2, 0) is 28.4 Å². The number of nitrogens with one attached hydrogen (secondary N) is 2. The summed E-state index contributed by atoms with van der Waals surface area (Å²) in [6.07, 6.45) is 1.64.